The van der Waals surface area contributed by atoms with Crippen molar-refractivity contribution in [2.24, 2.45) is 0 Å². The van der Waals surface area contributed by atoms with Crippen LogP contribution in [0.1, 0.15) is 0 Å². The predicted octanol–water partition coefficient (Wildman–Crippen LogP) is -37.9. The molecule has 0 aliphatic heterocycles. The van der Waals surface area contributed by atoms with Crippen LogP contribution in [0.2, 0.25) is 0 Å². The molecule has 356 valence electrons. The number of rotatable bonds is 3. The van der Waals surface area contributed by atoms with Gasteiger partial charge in [-0.2, -0.15) is 0 Å². The maximum atomic E-state index is 7.20. The van der Waals surface area contributed by atoms with E-state index in [1.54, 1.807) is 0 Å². The van der Waals surface area contributed by atoms with E-state index in [0.717, 1.165) is 11.2 Å². The van der Waals surface area contributed by atoms with E-state index in [9.17, 15) is 0 Å². The standard InChI is InChI=1S/C50H60B30O/c51-19-3(8-9(27(59)43(75)42(74)26(8)58)10-12(19)33(65)45(77)44(76)28(10)60)1-4-6(24(56)40(72)38(70)22(4)54)2(7-5(1)23(55)39(71)41(73)25(7)57)11-29(61)31(63)15(32(64)30(11)62)13-20(52)18-17-21(53)14-16(35(67)47(79)46(78)34(14)66)37(69)49(17)81-50(18)48(80)36(13)68/h51-80H2. The van der Waals surface area contributed by atoms with Crippen LogP contribution >= 0.6 is 0 Å². The Balaban J connectivity index is 1.36. The van der Waals surface area contributed by atoms with Crippen molar-refractivity contribution in [2.75, 3.05) is 0 Å². The lowest BCUT2D eigenvalue weighted by molar-refractivity contribution is 0.675. The van der Waals surface area contributed by atoms with E-state index >= 15 is 0 Å². The summed E-state index contributed by atoms with van der Waals surface area (Å²) in [6.45, 7) is 0. The highest BCUT2D eigenvalue weighted by Gasteiger charge is 2.33. The molecule has 0 radical (unpaired) electrons. The van der Waals surface area contributed by atoms with E-state index in [-0.39, 0.29) is 0 Å². The molecule has 1 aromatic heterocycles. The Hall–Kier alpha value is -4.75. The van der Waals surface area contributed by atoms with Gasteiger partial charge in [0.2, 0.25) is 0 Å². The summed E-state index contributed by atoms with van der Waals surface area (Å²) in [7, 11) is 71.5. The zero-order valence-corrected chi connectivity index (χ0v) is 55.4. The second-order valence-corrected chi connectivity index (χ2v) is 26.3. The van der Waals surface area contributed by atoms with Gasteiger partial charge in [-0.15, -0.1) is 54.6 Å². The highest BCUT2D eigenvalue weighted by molar-refractivity contribution is 6.79. The Bertz CT molecular complexity index is 4820. The molecule has 0 atom stereocenters. The Morgan fingerprint density at radius 1 is 0.111 bits per heavy atom. The lowest BCUT2D eigenvalue weighted by atomic mass is 9.55. The quantitative estimate of drug-likeness (QED) is 0.0977. The first kappa shape index (κ1) is 58.0. The lowest BCUT2D eigenvalue weighted by Crippen LogP contribution is -2.52. The number of fused-ring (bicyclic) bond motifs is 9. The van der Waals surface area contributed by atoms with Crippen LogP contribution < -0.4 is 164 Å². The van der Waals surface area contributed by atoms with E-state index in [1.165, 1.54) is 262 Å². The van der Waals surface area contributed by atoms with Crippen molar-refractivity contribution >= 4 is 475 Å². The Morgan fingerprint density at radius 2 is 0.309 bits per heavy atom. The molecule has 0 fully saturated rings. The van der Waals surface area contributed by atoms with Crippen molar-refractivity contribution in [2.45, 2.75) is 0 Å². The summed E-state index contributed by atoms with van der Waals surface area (Å²) in [4.78, 5) is 0. The molecule has 0 spiro atoms. The van der Waals surface area contributed by atoms with Crippen molar-refractivity contribution in [3.05, 3.63) is 0 Å². The van der Waals surface area contributed by atoms with Crippen LogP contribution in [0.4, 0.5) is 0 Å². The SMILES string of the molecule is Bc1c(B)c(-c2c3c(B)c(B)c(B)c(B)c3c(-c3c(B)c4c(B)c(B)c(B)c(B)c4c4c(B)c(B)c(B)c(B)c34)c3c(B)c(B)c(B)c(B)c23)c(B)c(B)c1-c1c(B)c(B)c2oc3c(B)c4c(B)c(B)c(B)c(B)c4c(B)c3c2c1B. The van der Waals surface area contributed by atoms with Crippen molar-refractivity contribution in [3.8, 4) is 33.4 Å². The third kappa shape index (κ3) is 7.30. The van der Waals surface area contributed by atoms with E-state index in [4.69, 9.17) is 4.42 Å². The first-order chi connectivity index (χ1) is 37.8. The molecule has 1 heterocycles. The molecule has 0 saturated heterocycles. The van der Waals surface area contributed by atoms with Gasteiger partial charge in [0.15, 0.2) is 0 Å². The van der Waals surface area contributed by atoms with Crippen LogP contribution in [-0.2, 0) is 0 Å². The lowest BCUT2D eigenvalue weighted by Gasteiger charge is -2.33. The fourth-order valence-corrected chi connectivity index (χ4v) is 16.6. The number of benzene rings is 10. The third-order valence-electron chi connectivity index (χ3n) is 23.5. The molecule has 0 aliphatic carbocycles. The zero-order valence-electron chi connectivity index (χ0n) is 55.4. The molecule has 0 aliphatic rings. The first-order valence-electron chi connectivity index (χ1n) is 30.2. The van der Waals surface area contributed by atoms with Gasteiger partial charge in [-0.1, -0.05) is 104 Å². The monoisotopic (exact) mass is 1010 g/mol. The van der Waals surface area contributed by atoms with Gasteiger partial charge in [0.05, 0.1) is 0 Å². The fraction of sp³-hybridized carbons (Fsp3) is 0. The summed E-state index contributed by atoms with van der Waals surface area (Å²) >= 11 is 0. The minimum atomic E-state index is 1.03. The summed E-state index contributed by atoms with van der Waals surface area (Å²) in [5.74, 6) is 0. The minimum Gasteiger partial charge on any atom is -0.457 e. The van der Waals surface area contributed by atoms with Crippen LogP contribution in [-0.4, -0.2) is 235 Å². The van der Waals surface area contributed by atoms with Gasteiger partial charge in [-0.05, 0) is 92.7 Å². The topological polar surface area (TPSA) is 13.1 Å². The van der Waals surface area contributed by atoms with Crippen LogP contribution in [0.25, 0.3) is 109 Å². The number of hydrogen-bond acceptors (Lipinski definition) is 1. The largest absolute Gasteiger partial charge is 0.457 e. The van der Waals surface area contributed by atoms with Gasteiger partial charge in [-0.25, -0.2) is 0 Å². The maximum Gasteiger partial charge on any atom is 0.145 e. The van der Waals surface area contributed by atoms with E-state index in [2.05, 4.69) is 235 Å². The van der Waals surface area contributed by atoms with Crippen LogP contribution in [0.3, 0.4) is 0 Å². The molecule has 1 nitrogen and oxygen atoms in total. The second-order valence-electron chi connectivity index (χ2n) is 26.3. The van der Waals surface area contributed by atoms with Gasteiger partial charge < -0.3 is 4.42 Å². The van der Waals surface area contributed by atoms with Crippen molar-refractivity contribution in [3.63, 3.8) is 0 Å². The second kappa shape index (κ2) is 19.4. The van der Waals surface area contributed by atoms with Crippen molar-refractivity contribution in [1.29, 1.82) is 0 Å². The first-order valence-corrected chi connectivity index (χ1v) is 30.2. The molecule has 0 saturated carbocycles. The van der Waals surface area contributed by atoms with Gasteiger partial charge in [0.25, 0.3) is 0 Å². The minimum absolute atomic E-state index is 1.03. The number of furan rings is 1. The molecule has 11 rings (SSSR count). The summed E-state index contributed by atoms with van der Waals surface area (Å²) in [5, 5.41) is 16.6. The zero-order chi connectivity index (χ0) is 59.6. The summed E-state index contributed by atoms with van der Waals surface area (Å²) in [5.41, 5.74) is 51.5. The summed E-state index contributed by atoms with van der Waals surface area (Å²) in [6.07, 6.45) is 0. The molecule has 31 heteroatoms. The molecule has 0 N–H and O–H groups in total. The highest BCUT2D eigenvalue weighted by Crippen LogP contribution is 2.42. The Labute approximate surface area is 509 Å². The molecular weight excluding hydrogens is 941 g/mol. The van der Waals surface area contributed by atoms with Gasteiger partial charge >= 0.3 is 0 Å². The fourth-order valence-electron chi connectivity index (χ4n) is 16.6. The van der Waals surface area contributed by atoms with Gasteiger partial charge in [0, 0.05) is 10.8 Å². The Morgan fingerprint density at radius 3 is 0.667 bits per heavy atom. The van der Waals surface area contributed by atoms with Gasteiger partial charge in [-0.3, -0.25) is 0 Å². The van der Waals surface area contributed by atoms with E-state index in [0.29, 0.717) is 0 Å². The molecule has 10 aromatic carbocycles. The number of hydrogen-bond donors (Lipinski definition) is 0. The molecular formula is C50H60B30O. The highest BCUT2D eigenvalue weighted by atomic mass is 16.3. The summed E-state index contributed by atoms with van der Waals surface area (Å²) in [6, 6.07) is 0. The normalized spacial score (nSPS) is 12.0. The average Bonchev–Trinajstić information content (AvgIpc) is 4.00. The summed E-state index contributed by atoms with van der Waals surface area (Å²) < 4.78 is 7.20. The van der Waals surface area contributed by atoms with Crippen LogP contribution in [0, 0.1) is 0 Å². The molecule has 0 amide bonds. The Kier molecular flexibility index (Phi) is 13.9. The molecule has 0 bridgehead atoms. The maximum absolute atomic E-state index is 7.20. The van der Waals surface area contributed by atoms with Gasteiger partial charge in [0.1, 0.15) is 247 Å². The van der Waals surface area contributed by atoms with Crippen LogP contribution in [0.15, 0.2) is 4.42 Å². The van der Waals surface area contributed by atoms with Crippen LogP contribution in [0.5, 0.6) is 0 Å². The van der Waals surface area contributed by atoms with E-state index < -0.39 is 0 Å². The van der Waals surface area contributed by atoms with Crippen molar-refractivity contribution < 1.29 is 4.42 Å². The molecule has 11 aromatic rings. The van der Waals surface area contributed by atoms with E-state index in [1.807, 2.05) is 0 Å². The average molecular weight is 1000 g/mol. The van der Waals surface area contributed by atoms with Crippen molar-refractivity contribution in [1.82, 2.24) is 0 Å². The third-order valence-corrected chi connectivity index (χ3v) is 23.5. The molecule has 0 unspecified atom stereocenters. The smallest absolute Gasteiger partial charge is 0.145 e. The molecule has 81 heavy (non-hydrogen) atoms. The predicted molar refractivity (Wildman–Crippen MR) is 463 cm³/mol.